The number of rotatable bonds is 11. The van der Waals surface area contributed by atoms with Gasteiger partial charge in [-0.25, -0.2) is 9.78 Å². The normalized spacial score (nSPS) is 11.8. The van der Waals surface area contributed by atoms with Gasteiger partial charge in [0.05, 0.1) is 4.88 Å². The summed E-state index contributed by atoms with van der Waals surface area (Å²) < 4.78 is 0. The first kappa shape index (κ1) is 27.1. The summed E-state index contributed by atoms with van der Waals surface area (Å²) in [6.45, 7) is 5.71. The third-order valence-corrected chi connectivity index (χ3v) is 7.06. The molecule has 3 rings (SSSR count). The minimum absolute atomic E-state index is 0.172. The summed E-state index contributed by atoms with van der Waals surface area (Å²) in [4.78, 5) is 43.2. The molecule has 0 bridgehead atoms. The second kappa shape index (κ2) is 12.4. The van der Waals surface area contributed by atoms with E-state index in [-0.39, 0.29) is 16.8 Å². The molecular formula is C28H33N3O4S. The first-order valence-electron chi connectivity index (χ1n) is 12.2. The number of nitrogens with one attached hydrogen (secondary N) is 1. The molecule has 1 aromatic heterocycles. The van der Waals surface area contributed by atoms with Crippen LogP contribution in [0.4, 0.5) is 5.69 Å². The summed E-state index contributed by atoms with van der Waals surface area (Å²) in [7, 11) is 1.49. The van der Waals surface area contributed by atoms with E-state index in [9.17, 15) is 19.5 Å². The lowest BCUT2D eigenvalue weighted by Gasteiger charge is -2.26. The molecular weight excluding hydrogens is 474 g/mol. The van der Waals surface area contributed by atoms with Gasteiger partial charge in [-0.1, -0.05) is 57.9 Å². The van der Waals surface area contributed by atoms with Crippen molar-refractivity contribution in [3.63, 3.8) is 0 Å². The molecule has 36 heavy (non-hydrogen) atoms. The number of thiazole rings is 1. The van der Waals surface area contributed by atoms with Crippen molar-refractivity contribution in [3.05, 3.63) is 70.9 Å². The van der Waals surface area contributed by atoms with Crippen molar-refractivity contribution in [2.24, 2.45) is 5.92 Å². The Kier molecular flexibility index (Phi) is 9.36. The topological polar surface area (TPSA) is 99.6 Å². The molecule has 0 aliphatic heterocycles. The molecule has 2 amide bonds. The van der Waals surface area contributed by atoms with E-state index in [1.807, 2.05) is 36.4 Å². The van der Waals surface area contributed by atoms with Gasteiger partial charge in [0.25, 0.3) is 11.8 Å². The van der Waals surface area contributed by atoms with Crippen LogP contribution in [0, 0.1) is 5.92 Å². The van der Waals surface area contributed by atoms with Gasteiger partial charge in [-0.3, -0.25) is 9.59 Å². The van der Waals surface area contributed by atoms with Crippen molar-refractivity contribution in [2.75, 3.05) is 12.4 Å². The lowest BCUT2D eigenvalue weighted by Crippen LogP contribution is -2.45. The number of amides is 2. The number of aliphatic carboxylic acids is 1. The third-order valence-electron chi connectivity index (χ3n) is 6.02. The van der Waals surface area contributed by atoms with Gasteiger partial charge in [0.15, 0.2) is 5.01 Å². The molecule has 0 radical (unpaired) electrons. The van der Waals surface area contributed by atoms with E-state index in [0.717, 1.165) is 23.3 Å². The van der Waals surface area contributed by atoms with E-state index in [4.69, 9.17) is 0 Å². The second-order valence-electron chi connectivity index (χ2n) is 9.16. The minimum Gasteiger partial charge on any atom is -0.480 e. The maximum atomic E-state index is 12.8. The molecule has 0 aliphatic rings. The number of hydrogen-bond acceptors (Lipinski definition) is 5. The number of carbonyl (C=O) groups excluding carboxylic acids is 2. The Bertz CT molecular complexity index is 1190. The number of carbonyl (C=O) groups is 3. The molecule has 190 valence electrons. The van der Waals surface area contributed by atoms with Gasteiger partial charge in [-0.2, -0.15) is 0 Å². The SMILES string of the molecule is CCCCCc1ccc(C(=O)Nc2ccc(-c3cnc(C(=O)N(C)C(C(=O)O)C(C)C)s3)cc2)cc1. The Labute approximate surface area is 216 Å². The van der Waals surface area contributed by atoms with E-state index in [2.05, 4.69) is 17.2 Å². The zero-order valence-corrected chi connectivity index (χ0v) is 22.0. The number of hydrogen-bond donors (Lipinski definition) is 2. The zero-order valence-electron chi connectivity index (χ0n) is 21.2. The highest BCUT2D eigenvalue weighted by Gasteiger charge is 2.31. The molecule has 0 aliphatic carbocycles. The Balaban J connectivity index is 1.63. The van der Waals surface area contributed by atoms with Crippen LogP contribution in [0.2, 0.25) is 0 Å². The quantitative estimate of drug-likeness (QED) is 0.311. The van der Waals surface area contributed by atoms with Gasteiger partial charge in [0, 0.05) is 24.5 Å². The molecule has 0 spiro atoms. The smallest absolute Gasteiger partial charge is 0.326 e. The van der Waals surface area contributed by atoms with Gasteiger partial charge >= 0.3 is 5.97 Å². The number of anilines is 1. The van der Waals surface area contributed by atoms with Crippen LogP contribution >= 0.6 is 11.3 Å². The Hall–Kier alpha value is -3.52. The zero-order chi connectivity index (χ0) is 26.2. The highest BCUT2D eigenvalue weighted by molar-refractivity contribution is 7.16. The highest BCUT2D eigenvalue weighted by Crippen LogP contribution is 2.28. The molecule has 3 aromatic rings. The molecule has 7 nitrogen and oxygen atoms in total. The van der Waals surface area contributed by atoms with Crippen molar-refractivity contribution in [1.29, 1.82) is 0 Å². The number of aromatic nitrogens is 1. The number of benzene rings is 2. The predicted octanol–water partition coefficient (Wildman–Crippen LogP) is 5.98. The van der Waals surface area contributed by atoms with E-state index in [1.54, 1.807) is 32.2 Å². The highest BCUT2D eigenvalue weighted by atomic mass is 32.1. The lowest BCUT2D eigenvalue weighted by atomic mass is 10.0. The van der Waals surface area contributed by atoms with E-state index < -0.39 is 17.9 Å². The molecule has 8 heteroatoms. The fourth-order valence-electron chi connectivity index (χ4n) is 4.00. The fourth-order valence-corrected chi connectivity index (χ4v) is 4.91. The van der Waals surface area contributed by atoms with E-state index in [1.165, 1.54) is 41.7 Å². The van der Waals surface area contributed by atoms with Crippen LogP contribution < -0.4 is 5.32 Å². The first-order chi connectivity index (χ1) is 17.2. The van der Waals surface area contributed by atoms with Gasteiger partial charge in [-0.15, -0.1) is 11.3 Å². The standard InChI is InChI=1S/C28H33N3O4S/c1-5-6-7-8-19-9-11-21(12-10-19)25(32)30-22-15-13-20(14-16-22)23-17-29-26(36-23)27(33)31(4)24(18(2)3)28(34)35/h9-18,24H,5-8H2,1-4H3,(H,30,32)(H,34,35). The molecule has 1 heterocycles. The number of carboxylic acid groups (broad SMARTS) is 1. The van der Waals surface area contributed by atoms with Crippen molar-refractivity contribution in [1.82, 2.24) is 9.88 Å². The molecule has 0 fully saturated rings. The summed E-state index contributed by atoms with van der Waals surface area (Å²) in [6, 6.07) is 14.1. The van der Waals surface area contributed by atoms with Gasteiger partial charge < -0.3 is 15.3 Å². The monoisotopic (exact) mass is 507 g/mol. The maximum absolute atomic E-state index is 12.8. The minimum atomic E-state index is -1.04. The van der Waals surface area contributed by atoms with Crippen LogP contribution in [-0.2, 0) is 11.2 Å². The number of nitrogens with zero attached hydrogens (tertiary/aromatic N) is 2. The number of aryl methyl sites for hydroxylation is 1. The predicted molar refractivity (Wildman–Crippen MR) is 144 cm³/mol. The fraction of sp³-hybridized carbons (Fsp3) is 0.357. The Morgan fingerprint density at radius 3 is 2.28 bits per heavy atom. The first-order valence-corrected chi connectivity index (χ1v) is 13.0. The Morgan fingerprint density at radius 2 is 1.69 bits per heavy atom. The van der Waals surface area contributed by atoms with Crippen LogP contribution in [0.5, 0.6) is 0 Å². The molecule has 2 N–H and O–H groups in total. The average molecular weight is 508 g/mol. The molecule has 2 aromatic carbocycles. The molecule has 1 atom stereocenters. The lowest BCUT2D eigenvalue weighted by molar-refractivity contribution is -0.143. The number of carboxylic acids is 1. The summed E-state index contributed by atoms with van der Waals surface area (Å²) in [5.74, 6) is -1.87. The number of likely N-dealkylation sites (N-methyl/N-ethyl adjacent to an activating group) is 1. The van der Waals surface area contributed by atoms with E-state index in [0.29, 0.717) is 11.3 Å². The number of unbranched alkanes of at least 4 members (excludes halogenated alkanes) is 2. The molecule has 0 saturated carbocycles. The largest absolute Gasteiger partial charge is 0.480 e. The van der Waals surface area contributed by atoms with Crippen LogP contribution in [0.25, 0.3) is 10.4 Å². The van der Waals surface area contributed by atoms with Crippen molar-refractivity contribution < 1.29 is 19.5 Å². The summed E-state index contributed by atoms with van der Waals surface area (Å²) in [5.41, 5.74) is 3.36. The van der Waals surface area contributed by atoms with Gasteiger partial charge in [-0.05, 0) is 54.2 Å². The van der Waals surface area contributed by atoms with Crippen LogP contribution in [0.15, 0.2) is 54.7 Å². The van der Waals surface area contributed by atoms with Crippen molar-refractivity contribution in [2.45, 2.75) is 52.5 Å². The average Bonchev–Trinajstić information content (AvgIpc) is 3.34. The van der Waals surface area contributed by atoms with Crippen LogP contribution in [0.1, 0.15) is 65.8 Å². The van der Waals surface area contributed by atoms with Crippen molar-refractivity contribution >= 4 is 34.8 Å². The Morgan fingerprint density at radius 1 is 1.03 bits per heavy atom. The van der Waals surface area contributed by atoms with Crippen LogP contribution in [-0.4, -0.2) is 45.9 Å². The van der Waals surface area contributed by atoms with Gasteiger partial charge in [0.1, 0.15) is 6.04 Å². The molecule has 0 saturated heterocycles. The maximum Gasteiger partial charge on any atom is 0.326 e. The second-order valence-corrected chi connectivity index (χ2v) is 10.2. The third kappa shape index (κ3) is 6.79. The summed E-state index contributed by atoms with van der Waals surface area (Å²) in [6.07, 6.45) is 6.17. The summed E-state index contributed by atoms with van der Waals surface area (Å²) >= 11 is 1.21. The summed E-state index contributed by atoms with van der Waals surface area (Å²) in [5, 5.41) is 12.6. The van der Waals surface area contributed by atoms with Gasteiger partial charge in [0.2, 0.25) is 0 Å². The van der Waals surface area contributed by atoms with Crippen molar-refractivity contribution in [3.8, 4) is 10.4 Å². The van der Waals surface area contributed by atoms with Crippen LogP contribution in [0.3, 0.4) is 0 Å². The van der Waals surface area contributed by atoms with E-state index >= 15 is 0 Å². The molecule has 1 unspecified atom stereocenters.